The number of hydrogen-bond acceptors (Lipinski definition) is 3. The second kappa shape index (κ2) is 9.96. The van der Waals surface area contributed by atoms with Gasteiger partial charge in [-0.2, -0.15) is 0 Å². The minimum absolute atomic E-state index is 0.398. The van der Waals surface area contributed by atoms with E-state index in [1.165, 1.54) is 6.26 Å². The van der Waals surface area contributed by atoms with Crippen molar-refractivity contribution in [2.24, 2.45) is 10.9 Å². The molecule has 9 heteroatoms. The lowest BCUT2D eigenvalue weighted by molar-refractivity contribution is 0.279. The zero-order valence-corrected chi connectivity index (χ0v) is 18.4. The lowest BCUT2D eigenvalue weighted by atomic mass is 9.98. The minimum Gasteiger partial charge on any atom is -0.357 e. The van der Waals surface area contributed by atoms with Crippen LogP contribution in [-0.2, 0) is 16.6 Å². The number of nitrogens with zero attached hydrogens (tertiary/aromatic N) is 3. The first-order valence-corrected chi connectivity index (χ1v) is 11.7. The van der Waals surface area contributed by atoms with Crippen LogP contribution in [0.15, 0.2) is 23.2 Å². The van der Waals surface area contributed by atoms with Gasteiger partial charge in [0.25, 0.3) is 0 Å². The second-order valence-electron chi connectivity index (χ2n) is 6.90. The number of hydrogen-bond donors (Lipinski definition) is 1. The third-order valence-corrected chi connectivity index (χ3v) is 6.68. The van der Waals surface area contributed by atoms with Crippen molar-refractivity contribution in [1.29, 1.82) is 0 Å². The Labute approximate surface area is 172 Å². The Morgan fingerprint density at radius 1 is 1.30 bits per heavy atom. The smallest absolute Gasteiger partial charge is 0.211 e. The molecule has 6 nitrogen and oxygen atoms in total. The van der Waals surface area contributed by atoms with E-state index in [4.69, 9.17) is 28.2 Å². The fraction of sp³-hybridized carbons (Fsp3) is 0.611. The van der Waals surface area contributed by atoms with Crippen LogP contribution >= 0.6 is 23.2 Å². The Balaban J connectivity index is 1.96. The van der Waals surface area contributed by atoms with Crippen molar-refractivity contribution in [3.8, 4) is 0 Å². The molecule has 0 atom stereocenters. The molecule has 0 spiro atoms. The Kier molecular flexibility index (Phi) is 8.21. The zero-order valence-electron chi connectivity index (χ0n) is 16.1. The summed E-state index contributed by atoms with van der Waals surface area (Å²) in [6.45, 7) is 5.31. The van der Waals surface area contributed by atoms with E-state index in [0.29, 0.717) is 42.1 Å². The SMILES string of the molecule is CCNC(=NCC1CCN(S(C)(=O)=O)CC1)N(C)Cc1ccc(Cl)c(Cl)c1. The van der Waals surface area contributed by atoms with Crippen molar-refractivity contribution in [3.63, 3.8) is 0 Å². The summed E-state index contributed by atoms with van der Waals surface area (Å²) in [6.07, 6.45) is 2.95. The van der Waals surface area contributed by atoms with Crippen LogP contribution < -0.4 is 5.32 Å². The fourth-order valence-electron chi connectivity index (χ4n) is 3.10. The molecule has 0 unspecified atom stereocenters. The highest BCUT2D eigenvalue weighted by molar-refractivity contribution is 7.88. The van der Waals surface area contributed by atoms with Crippen molar-refractivity contribution in [2.75, 3.05) is 39.5 Å². The lowest BCUT2D eigenvalue weighted by Gasteiger charge is -2.30. The van der Waals surface area contributed by atoms with Crippen molar-refractivity contribution in [3.05, 3.63) is 33.8 Å². The summed E-state index contributed by atoms with van der Waals surface area (Å²) >= 11 is 12.1. The number of benzene rings is 1. The van der Waals surface area contributed by atoms with Gasteiger partial charge < -0.3 is 10.2 Å². The predicted molar refractivity (Wildman–Crippen MR) is 113 cm³/mol. The molecule has 2 rings (SSSR count). The molecule has 0 radical (unpaired) electrons. The highest BCUT2D eigenvalue weighted by Crippen LogP contribution is 2.23. The maximum atomic E-state index is 11.6. The molecule has 1 aromatic carbocycles. The van der Waals surface area contributed by atoms with Crippen molar-refractivity contribution in [1.82, 2.24) is 14.5 Å². The largest absolute Gasteiger partial charge is 0.357 e. The summed E-state index contributed by atoms with van der Waals surface area (Å²) in [5.41, 5.74) is 1.05. The fourth-order valence-corrected chi connectivity index (χ4v) is 4.29. The van der Waals surface area contributed by atoms with Crippen LogP contribution in [0.5, 0.6) is 0 Å². The maximum absolute atomic E-state index is 11.6. The first-order valence-electron chi connectivity index (χ1n) is 9.09. The molecule has 0 saturated carbocycles. The van der Waals surface area contributed by atoms with Gasteiger partial charge >= 0.3 is 0 Å². The van der Waals surface area contributed by atoms with Crippen LogP contribution in [0.4, 0.5) is 0 Å². The molecular formula is C18H28Cl2N4O2S. The van der Waals surface area contributed by atoms with Gasteiger partial charge in [0, 0.05) is 39.8 Å². The third kappa shape index (κ3) is 6.82. The average Bonchev–Trinajstić information content (AvgIpc) is 2.61. The van der Waals surface area contributed by atoms with Crippen LogP contribution in [0, 0.1) is 5.92 Å². The van der Waals surface area contributed by atoms with E-state index in [-0.39, 0.29) is 0 Å². The monoisotopic (exact) mass is 434 g/mol. The topological polar surface area (TPSA) is 65.0 Å². The second-order valence-corrected chi connectivity index (χ2v) is 9.70. The molecule has 152 valence electrons. The number of rotatable bonds is 6. The maximum Gasteiger partial charge on any atom is 0.211 e. The van der Waals surface area contributed by atoms with Gasteiger partial charge in [-0.1, -0.05) is 29.3 Å². The van der Waals surface area contributed by atoms with E-state index in [0.717, 1.165) is 30.9 Å². The van der Waals surface area contributed by atoms with Crippen LogP contribution in [0.25, 0.3) is 0 Å². The minimum atomic E-state index is -3.09. The number of halogens is 2. The van der Waals surface area contributed by atoms with Gasteiger partial charge in [0.1, 0.15) is 0 Å². The Morgan fingerprint density at radius 2 is 1.96 bits per heavy atom. The summed E-state index contributed by atoms with van der Waals surface area (Å²) in [5, 5.41) is 4.40. The Hall–Kier alpha value is -1.02. The summed E-state index contributed by atoms with van der Waals surface area (Å²) in [6, 6.07) is 5.62. The normalized spacial score (nSPS) is 17.1. The average molecular weight is 435 g/mol. The van der Waals surface area contributed by atoms with E-state index in [1.54, 1.807) is 10.4 Å². The van der Waals surface area contributed by atoms with Gasteiger partial charge in [0.2, 0.25) is 10.0 Å². The number of aliphatic imine (C=N–C) groups is 1. The highest BCUT2D eigenvalue weighted by atomic mass is 35.5. The number of piperidine rings is 1. The first kappa shape index (κ1) is 22.3. The number of nitrogens with one attached hydrogen (secondary N) is 1. The van der Waals surface area contributed by atoms with Gasteiger partial charge in [0.15, 0.2) is 5.96 Å². The molecule has 1 aromatic rings. The lowest BCUT2D eigenvalue weighted by Crippen LogP contribution is -2.40. The molecule has 27 heavy (non-hydrogen) atoms. The Morgan fingerprint density at radius 3 is 2.52 bits per heavy atom. The molecule has 1 fully saturated rings. The molecule has 0 amide bonds. The van der Waals surface area contributed by atoms with Gasteiger partial charge in [-0.15, -0.1) is 0 Å². The van der Waals surface area contributed by atoms with Crippen molar-refractivity contribution >= 4 is 39.2 Å². The van der Waals surface area contributed by atoms with E-state index < -0.39 is 10.0 Å². The molecule has 0 aromatic heterocycles. The van der Waals surface area contributed by atoms with Crippen LogP contribution in [0.3, 0.4) is 0 Å². The quantitative estimate of drug-likeness (QED) is 0.551. The molecule has 1 aliphatic heterocycles. The predicted octanol–water partition coefficient (Wildman–Crippen LogP) is 3.06. The van der Waals surface area contributed by atoms with Crippen molar-refractivity contribution in [2.45, 2.75) is 26.3 Å². The van der Waals surface area contributed by atoms with E-state index in [1.807, 2.05) is 26.1 Å². The number of sulfonamides is 1. The molecule has 0 aliphatic carbocycles. The van der Waals surface area contributed by atoms with Crippen LogP contribution in [0.2, 0.25) is 10.0 Å². The van der Waals surface area contributed by atoms with Crippen molar-refractivity contribution < 1.29 is 8.42 Å². The van der Waals surface area contributed by atoms with E-state index in [2.05, 4.69) is 10.2 Å². The molecular weight excluding hydrogens is 407 g/mol. The third-order valence-electron chi connectivity index (χ3n) is 4.64. The molecule has 1 N–H and O–H groups in total. The van der Waals surface area contributed by atoms with Crippen LogP contribution in [-0.4, -0.2) is 63.1 Å². The summed E-state index contributed by atoms with van der Waals surface area (Å²) < 4.78 is 24.8. The number of guanidine groups is 1. The Bertz CT molecular complexity index is 763. The summed E-state index contributed by atoms with van der Waals surface area (Å²) in [4.78, 5) is 6.82. The standard InChI is InChI=1S/C18H28Cl2N4O2S/c1-4-21-18(23(2)13-15-5-6-16(19)17(20)11-15)22-12-14-7-9-24(10-8-14)27(3,25)26/h5-6,11,14H,4,7-10,12-13H2,1-3H3,(H,21,22). The molecule has 1 saturated heterocycles. The van der Waals surface area contributed by atoms with Gasteiger partial charge in [0.05, 0.1) is 16.3 Å². The van der Waals surface area contributed by atoms with Crippen LogP contribution in [0.1, 0.15) is 25.3 Å². The van der Waals surface area contributed by atoms with E-state index in [9.17, 15) is 8.42 Å². The van der Waals surface area contributed by atoms with E-state index >= 15 is 0 Å². The van der Waals surface area contributed by atoms with Gasteiger partial charge in [-0.3, -0.25) is 4.99 Å². The van der Waals surface area contributed by atoms with Gasteiger partial charge in [-0.25, -0.2) is 12.7 Å². The molecule has 1 aliphatic rings. The first-order chi connectivity index (χ1) is 12.7. The molecule has 0 bridgehead atoms. The highest BCUT2D eigenvalue weighted by Gasteiger charge is 2.24. The summed E-state index contributed by atoms with van der Waals surface area (Å²) in [7, 11) is -1.10. The zero-order chi connectivity index (χ0) is 20.0. The molecule has 1 heterocycles. The summed E-state index contributed by atoms with van der Waals surface area (Å²) in [5.74, 6) is 1.23. The van der Waals surface area contributed by atoms with Gasteiger partial charge in [-0.05, 0) is 43.4 Å².